The molecule has 0 unspecified atom stereocenters. The van der Waals surface area contributed by atoms with E-state index in [1.807, 2.05) is 31.2 Å². The number of amides is 1. The molecular formula is C13H13N5O. The largest absolute Gasteiger partial charge is 0.352 e. The van der Waals surface area contributed by atoms with Crippen molar-refractivity contribution in [2.45, 2.75) is 6.92 Å². The lowest BCUT2D eigenvalue weighted by Gasteiger charge is -2.08. The summed E-state index contributed by atoms with van der Waals surface area (Å²) < 4.78 is 0. The van der Waals surface area contributed by atoms with Crippen LogP contribution >= 0.6 is 0 Å². The van der Waals surface area contributed by atoms with Gasteiger partial charge in [0.15, 0.2) is 0 Å². The van der Waals surface area contributed by atoms with Crippen molar-refractivity contribution < 1.29 is 4.79 Å². The summed E-state index contributed by atoms with van der Waals surface area (Å²) in [6, 6.07) is 9.25. The van der Waals surface area contributed by atoms with Gasteiger partial charge in [-0.1, -0.05) is 23.3 Å². The number of nitrogens with one attached hydrogen (secondary N) is 1. The van der Waals surface area contributed by atoms with E-state index in [9.17, 15) is 4.79 Å². The van der Waals surface area contributed by atoms with Gasteiger partial charge in [-0.15, -0.1) is 0 Å². The van der Waals surface area contributed by atoms with E-state index in [1.54, 1.807) is 6.07 Å². The van der Waals surface area contributed by atoms with Gasteiger partial charge in [0, 0.05) is 29.1 Å². The zero-order valence-corrected chi connectivity index (χ0v) is 10.5. The molecule has 1 aromatic carbocycles. The lowest BCUT2D eigenvalue weighted by molar-refractivity contribution is 0.0956. The molecule has 19 heavy (non-hydrogen) atoms. The molecule has 1 aromatic heterocycles. The fourth-order valence-corrected chi connectivity index (χ4v) is 1.86. The highest BCUT2D eigenvalue weighted by Crippen LogP contribution is 2.17. The van der Waals surface area contributed by atoms with Gasteiger partial charge in [0.05, 0.1) is 11.1 Å². The molecule has 0 aliphatic heterocycles. The van der Waals surface area contributed by atoms with Crippen LogP contribution in [0.5, 0.6) is 0 Å². The van der Waals surface area contributed by atoms with Crippen LogP contribution in [0.3, 0.4) is 0 Å². The van der Waals surface area contributed by atoms with E-state index < -0.39 is 0 Å². The van der Waals surface area contributed by atoms with Crippen LogP contribution in [-0.2, 0) is 0 Å². The first-order valence-electron chi connectivity index (χ1n) is 5.88. The van der Waals surface area contributed by atoms with E-state index in [4.69, 9.17) is 5.53 Å². The van der Waals surface area contributed by atoms with Crippen molar-refractivity contribution in [1.29, 1.82) is 0 Å². The maximum absolute atomic E-state index is 12.1. The Morgan fingerprint density at radius 1 is 1.47 bits per heavy atom. The number of azide groups is 1. The minimum absolute atomic E-state index is 0.185. The minimum atomic E-state index is -0.185. The van der Waals surface area contributed by atoms with Crippen molar-refractivity contribution in [2.75, 3.05) is 13.1 Å². The molecule has 1 heterocycles. The van der Waals surface area contributed by atoms with Gasteiger partial charge in [-0.25, -0.2) is 0 Å². The van der Waals surface area contributed by atoms with Gasteiger partial charge in [-0.2, -0.15) is 0 Å². The second-order valence-electron chi connectivity index (χ2n) is 4.04. The first kappa shape index (κ1) is 12.9. The highest BCUT2D eigenvalue weighted by molar-refractivity contribution is 6.06. The normalized spacial score (nSPS) is 9.95. The lowest BCUT2D eigenvalue weighted by Crippen LogP contribution is -2.26. The smallest absolute Gasteiger partial charge is 0.252 e. The summed E-state index contributed by atoms with van der Waals surface area (Å²) in [6.45, 7) is 2.41. The Kier molecular flexibility index (Phi) is 3.95. The minimum Gasteiger partial charge on any atom is -0.352 e. The SMILES string of the molecule is Cc1cc(C(=O)NCCN=[N+]=[N-])c2ccccc2n1. The predicted molar refractivity (Wildman–Crippen MR) is 72.8 cm³/mol. The van der Waals surface area contributed by atoms with Crippen molar-refractivity contribution in [3.05, 3.63) is 52.0 Å². The van der Waals surface area contributed by atoms with E-state index >= 15 is 0 Å². The number of para-hydroxylation sites is 1. The molecule has 6 nitrogen and oxygen atoms in total. The highest BCUT2D eigenvalue weighted by Gasteiger charge is 2.10. The molecule has 0 atom stereocenters. The van der Waals surface area contributed by atoms with Crippen LogP contribution in [0, 0.1) is 6.92 Å². The fraction of sp³-hybridized carbons (Fsp3) is 0.231. The number of hydrogen-bond donors (Lipinski definition) is 1. The molecular weight excluding hydrogens is 242 g/mol. The average molecular weight is 255 g/mol. The Hall–Kier alpha value is -2.59. The summed E-state index contributed by atoms with van der Waals surface area (Å²) >= 11 is 0. The van der Waals surface area contributed by atoms with Crippen molar-refractivity contribution in [2.24, 2.45) is 5.11 Å². The van der Waals surface area contributed by atoms with Crippen LogP contribution in [0.15, 0.2) is 35.4 Å². The fourth-order valence-electron chi connectivity index (χ4n) is 1.86. The first-order chi connectivity index (χ1) is 9.22. The third-order valence-electron chi connectivity index (χ3n) is 2.65. The van der Waals surface area contributed by atoms with Crippen LogP contribution in [0.4, 0.5) is 0 Å². The molecule has 0 fully saturated rings. The van der Waals surface area contributed by atoms with E-state index in [1.165, 1.54) is 0 Å². The van der Waals surface area contributed by atoms with Gasteiger partial charge < -0.3 is 5.32 Å². The summed E-state index contributed by atoms with van der Waals surface area (Å²) in [5.41, 5.74) is 10.3. The molecule has 0 saturated carbocycles. The summed E-state index contributed by atoms with van der Waals surface area (Å²) in [4.78, 5) is 19.1. The average Bonchev–Trinajstić information content (AvgIpc) is 2.42. The zero-order chi connectivity index (χ0) is 13.7. The van der Waals surface area contributed by atoms with E-state index in [0.29, 0.717) is 12.1 Å². The van der Waals surface area contributed by atoms with Crippen LogP contribution in [0.1, 0.15) is 16.1 Å². The number of hydrogen-bond acceptors (Lipinski definition) is 3. The molecule has 1 amide bonds. The third kappa shape index (κ3) is 3.00. The lowest BCUT2D eigenvalue weighted by atomic mass is 10.1. The third-order valence-corrected chi connectivity index (χ3v) is 2.65. The van der Waals surface area contributed by atoms with Gasteiger partial charge in [0.25, 0.3) is 5.91 Å². The molecule has 1 N–H and O–H groups in total. The number of fused-ring (bicyclic) bond motifs is 1. The Morgan fingerprint density at radius 2 is 2.26 bits per heavy atom. The molecule has 6 heteroatoms. The molecule has 2 rings (SSSR count). The van der Waals surface area contributed by atoms with Crippen LogP contribution in [-0.4, -0.2) is 24.0 Å². The highest BCUT2D eigenvalue weighted by atomic mass is 16.1. The molecule has 2 aromatic rings. The predicted octanol–water partition coefficient (Wildman–Crippen LogP) is 2.58. The van der Waals surface area contributed by atoms with E-state index in [2.05, 4.69) is 20.3 Å². The number of aromatic nitrogens is 1. The number of benzene rings is 1. The Morgan fingerprint density at radius 3 is 3.05 bits per heavy atom. The number of pyridine rings is 1. The summed E-state index contributed by atoms with van der Waals surface area (Å²) in [5.74, 6) is -0.185. The van der Waals surface area contributed by atoms with Crippen LogP contribution < -0.4 is 5.32 Å². The van der Waals surface area contributed by atoms with Crippen LogP contribution in [0.2, 0.25) is 0 Å². The first-order valence-corrected chi connectivity index (χ1v) is 5.88. The van der Waals surface area contributed by atoms with Crippen LogP contribution in [0.25, 0.3) is 21.3 Å². The standard InChI is InChI=1S/C13H13N5O/c1-9-8-11(13(19)15-6-7-16-18-14)10-4-2-3-5-12(10)17-9/h2-5,8H,6-7H2,1H3,(H,15,19). The number of nitrogens with zero attached hydrogens (tertiary/aromatic N) is 4. The van der Waals surface area contributed by atoms with Gasteiger partial charge in [0.2, 0.25) is 0 Å². The van der Waals surface area contributed by atoms with E-state index in [0.717, 1.165) is 16.6 Å². The Labute approximate surface area is 110 Å². The number of aryl methyl sites for hydroxylation is 1. The summed E-state index contributed by atoms with van der Waals surface area (Å²) in [5, 5.41) is 6.91. The molecule has 0 radical (unpaired) electrons. The second-order valence-corrected chi connectivity index (χ2v) is 4.04. The van der Waals surface area contributed by atoms with Gasteiger partial charge >= 0.3 is 0 Å². The van der Waals surface area contributed by atoms with Crippen molar-refractivity contribution in [3.63, 3.8) is 0 Å². The summed E-state index contributed by atoms with van der Waals surface area (Å²) in [6.07, 6.45) is 0. The number of rotatable bonds is 4. The molecule has 0 saturated heterocycles. The molecule has 0 aliphatic rings. The van der Waals surface area contributed by atoms with E-state index in [-0.39, 0.29) is 12.5 Å². The maximum atomic E-state index is 12.1. The van der Waals surface area contributed by atoms with Crippen molar-refractivity contribution >= 4 is 16.8 Å². The van der Waals surface area contributed by atoms with Crippen molar-refractivity contribution in [3.8, 4) is 0 Å². The van der Waals surface area contributed by atoms with Crippen molar-refractivity contribution in [1.82, 2.24) is 10.3 Å². The van der Waals surface area contributed by atoms with Gasteiger partial charge in [-0.05, 0) is 24.6 Å². The Balaban J connectivity index is 2.28. The molecule has 0 aliphatic carbocycles. The Bertz CT molecular complexity index is 661. The monoisotopic (exact) mass is 255 g/mol. The quantitative estimate of drug-likeness (QED) is 0.393. The second kappa shape index (κ2) is 5.84. The topological polar surface area (TPSA) is 90.8 Å². The molecule has 0 bridgehead atoms. The number of carbonyl (C=O) groups is 1. The zero-order valence-electron chi connectivity index (χ0n) is 10.5. The molecule has 0 spiro atoms. The number of carbonyl (C=O) groups excluding carboxylic acids is 1. The maximum Gasteiger partial charge on any atom is 0.252 e. The summed E-state index contributed by atoms with van der Waals surface area (Å²) in [7, 11) is 0. The van der Waals surface area contributed by atoms with Gasteiger partial charge in [0.1, 0.15) is 0 Å². The molecule has 96 valence electrons. The van der Waals surface area contributed by atoms with Gasteiger partial charge in [-0.3, -0.25) is 9.78 Å².